The third-order valence-corrected chi connectivity index (χ3v) is 3.70. The van der Waals surface area contributed by atoms with E-state index in [1.54, 1.807) is 0 Å². The van der Waals surface area contributed by atoms with Crippen molar-refractivity contribution in [3.8, 4) is 0 Å². The molecule has 112 valence electrons. The van der Waals surface area contributed by atoms with E-state index >= 15 is 0 Å². The Labute approximate surface area is 123 Å². The summed E-state index contributed by atoms with van der Waals surface area (Å²) < 4.78 is 0. The van der Waals surface area contributed by atoms with E-state index in [2.05, 4.69) is 43.4 Å². The number of nitrogens with one attached hydrogen (secondary N) is 1. The molecule has 1 unspecified atom stereocenters. The quantitative estimate of drug-likeness (QED) is 0.703. The van der Waals surface area contributed by atoms with Crippen LogP contribution in [0.5, 0.6) is 0 Å². The Morgan fingerprint density at radius 2 is 1.95 bits per heavy atom. The van der Waals surface area contributed by atoms with Crippen molar-refractivity contribution in [2.75, 3.05) is 20.1 Å². The first kappa shape index (κ1) is 16.7. The Kier molecular flexibility index (Phi) is 7.97. The van der Waals surface area contributed by atoms with Crippen LogP contribution in [-0.4, -0.2) is 37.0 Å². The zero-order valence-corrected chi connectivity index (χ0v) is 13.1. The van der Waals surface area contributed by atoms with E-state index in [9.17, 15) is 4.79 Å². The number of amides is 1. The van der Waals surface area contributed by atoms with E-state index < -0.39 is 0 Å². The summed E-state index contributed by atoms with van der Waals surface area (Å²) in [6.45, 7) is 5.93. The van der Waals surface area contributed by atoms with Gasteiger partial charge in [-0.1, -0.05) is 37.3 Å². The molecular weight excluding hydrogens is 248 g/mol. The Balaban J connectivity index is 2.62. The maximum absolute atomic E-state index is 12.3. The highest BCUT2D eigenvalue weighted by Gasteiger charge is 2.20. The van der Waals surface area contributed by atoms with Crippen LogP contribution >= 0.6 is 0 Å². The molecule has 0 aliphatic heterocycles. The summed E-state index contributed by atoms with van der Waals surface area (Å²) >= 11 is 0. The largest absolute Gasteiger partial charge is 0.340 e. The van der Waals surface area contributed by atoms with Crippen LogP contribution in [0.25, 0.3) is 0 Å². The minimum Gasteiger partial charge on any atom is -0.340 e. The lowest BCUT2D eigenvalue weighted by Crippen LogP contribution is -2.41. The molecule has 1 aromatic rings. The van der Waals surface area contributed by atoms with Crippen molar-refractivity contribution in [1.29, 1.82) is 0 Å². The zero-order valence-electron chi connectivity index (χ0n) is 13.1. The van der Waals surface area contributed by atoms with Gasteiger partial charge in [0.2, 0.25) is 5.91 Å². The van der Waals surface area contributed by atoms with Gasteiger partial charge in [-0.15, -0.1) is 0 Å². The lowest BCUT2D eigenvalue weighted by Gasteiger charge is -2.30. The van der Waals surface area contributed by atoms with E-state index in [-0.39, 0.29) is 5.91 Å². The second kappa shape index (κ2) is 9.54. The number of carbonyl (C=O) groups is 1. The third-order valence-electron chi connectivity index (χ3n) is 3.70. The van der Waals surface area contributed by atoms with Gasteiger partial charge in [0, 0.05) is 19.0 Å². The summed E-state index contributed by atoms with van der Waals surface area (Å²) in [5.74, 6) is 0.283. The Morgan fingerprint density at radius 1 is 1.25 bits per heavy atom. The summed E-state index contributed by atoms with van der Waals surface area (Å²) in [5, 5.41) is 3.09. The Morgan fingerprint density at radius 3 is 2.50 bits per heavy atom. The molecular formula is C17H28N2O. The summed E-state index contributed by atoms with van der Waals surface area (Å²) in [6, 6.07) is 10.7. The molecule has 0 aromatic heterocycles. The van der Waals surface area contributed by atoms with Crippen LogP contribution in [0.4, 0.5) is 0 Å². The van der Waals surface area contributed by atoms with Crippen molar-refractivity contribution in [1.82, 2.24) is 10.2 Å². The molecule has 1 aromatic carbocycles. The lowest BCUT2D eigenvalue weighted by molar-refractivity contribution is -0.133. The predicted molar refractivity (Wildman–Crippen MR) is 84.8 cm³/mol. The van der Waals surface area contributed by atoms with E-state index in [0.717, 1.165) is 32.4 Å². The van der Waals surface area contributed by atoms with Crippen molar-refractivity contribution in [3.63, 3.8) is 0 Å². The van der Waals surface area contributed by atoms with Crippen molar-refractivity contribution in [2.24, 2.45) is 0 Å². The van der Waals surface area contributed by atoms with Crippen LogP contribution in [-0.2, 0) is 11.2 Å². The molecule has 0 saturated heterocycles. The van der Waals surface area contributed by atoms with Crippen LogP contribution < -0.4 is 5.32 Å². The normalized spacial score (nSPS) is 12.2. The van der Waals surface area contributed by atoms with Gasteiger partial charge in [0.25, 0.3) is 0 Å². The molecule has 3 nitrogen and oxygen atoms in total. The van der Waals surface area contributed by atoms with Gasteiger partial charge in [-0.2, -0.15) is 0 Å². The van der Waals surface area contributed by atoms with Gasteiger partial charge >= 0.3 is 0 Å². The highest BCUT2D eigenvalue weighted by molar-refractivity contribution is 5.76. The monoisotopic (exact) mass is 276 g/mol. The topological polar surface area (TPSA) is 32.3 Å². The fourth-order valence-electron chi connectivity index (χ4n) is 2.56. The predicted octanol–water partition coefficient (Wildman–Crippen LogP) is 2.86. The van der Waals surface area contributed by atoms with Gasteiger partial charge in [-0.25, -0.2) is 0 Å². The highest BCUT2D eigenvalue weighted by Crippen LogP contribution is 2.14. The Bertz CT molecular complexity index is 378. The molecule has 0 heterocycles. The molecule has 0 saturated carbocycles. The summed E-state index contributed by atoms with van der Waals surface area (Å²) in [5.41, 5.74) is 1.31. The van der Waals surface area contributed by atoms with Crippen LogP contribution in [0.2, 0.25) is 0 Å². The minimum atomic E-state index is 0.283. The maximum atomic E-state index is 12.3. The second-order valence-corrected chi connectivity index (χ2v) is 5.14. The second-order valence-electron chi connectivity index (χ2n) is 5.14. The molecule has 0 radical (unpaired) electrons. The summed E-state index contributed by atoms with van der Waals surface area (Å²) in [6.07, 6.45) is 3.50. The molecule has 20 heavy (non-hydrogen) atoms. The molecule has 3 heteroatoms. The van der Waals surface area contributed by atoms with Crippen molar-refractivity contribution in [2.45, 2.75) is 45.6 Å². The highest BCUT2D eigenvalue weighted by atomic mass is 16.2. The smallest absolute Gasteiger partial charge is 0.222 e. The summed E-state index contributed by atoms with van der Waals surface area (Å²) in [7, 11) is 1.92. The fraction of sp³-hybridized carbons (Fsp3) is 0.588. The van der Waals surface area contributed by atoms with E-state index in [4.69, 9.17) is 0 Å². The number of nitrogens with zero attached hydrogens (tertiary/aromatic N) is 1. The maximum Gasteiger partial charge on any atom is 0.222 e. The van der Waals surface area contributed by atoms with Gasteiger partial charge in [0.15, 0.2) is 0 Å². The third kappa shape index (κ3) is 5.33. The molecule has 0 aliphatic rings. The van der Waals surface area contributed by atoms with Gasteiger partial charge in [-0.05, 0) is 45.3 Å². The standard InChI is InChI=1S/C17H28N2O/c1-4-16(14-15-10-7-6-8-11-15)19(5-2)17(20)12-9-13-18-3/h6-8,10-11,16,18H,4-5,9,12-14H2,1-3H3. The zero-order chi connectivity index (χ0) is 14.8. The molecule has 1 N–H and O–H groups in total. The van der Waals surface area contributed by atoms with E-state index in [1.165, 1.54) is 5.56 Å². The average Bonchev–Trinajstić information content (AvgIpc) is 2.48. The van der Waals surface area contributed by atoms with Crippen LogP contribution in [0.15, 0.2) is 30.3 Å². The minimum absolute atomic E-state index is 0.283. The van der Waals surface area contributed by atoms with Gasteiger partial charge in [0.05, 0.1) is 0 Å². The summed E-state index contributed by atoms with van der Waals surface area (Å²) in [4.78, 5) is 14.4. The number of likely N-dealkylation sites (N-methyl/N-ethyl adjacent to an activating group) is 1. The molecule has 1 amide bonds. The SMILES string of the molecule is CCC(Cc1ccccc1)N(CC)C(=O)CCCNC. The Hall–Kier alpha value is -1.35. The van der Waals surface area contributed by atoms with E-state index in [1.807, 2.05) is 18.0 Å². The van der Waals surface area contributed by atoms with Gasteiger partial charge in [0.1, 0.15) is 0 Å². The first-order chi connectivity index (χ1) is 9.72. The molecule has 0 bridgehead atoms. The van der Waals surface area contributed by atoms with Crippen LogP contribution in [0.3, 0.4) is 0 Å². The molecule has 1 rings (SSSR count). The number of carbonyl (C=O) groups excluding carboxylic acids is 1. The number of hydrogen-bond donors (Lipinski definition) is 1. The first-order valence-electron chi connectivity index (χ1n) is 7.70. The number of hydrogen-bond acceptors (Lipinski definition) is 2. The van der Waals surface area contributed by atoms with E-state index in [0.29, 0.717) is 12.5 Å². The van der Waals surface area contributed by atoms with Gasteiger partial charge < -0.3 is 10.2 Å². The molecule has 1 atom stereocenters. The van der Waals surface area contributed by atoms with Gasteiger partial charge in [-0.3, -0.25) is 4.79 Å². The van der Waals surface area contributed by atoms with Crippen molar-refractivity contribution in [3.05, 3.63) is 35.9 Å². The fourth-order valence-corrected chi connectivity index (χ4v) is 2.56. The van der Waals surface area contributed by atoms with Crippen LogP contribution in [0.1, 0.15) is 38.7 Å². The van der Waals surface area contributed by atoms with Crippen molar-refractivity contribution >= 4 is 5.91 Å². The number of benzene rings is 1. The lowest BCUT2D eigenvalue weighted by atomic mass is 10.0. The average molecular weight is 276 g/mol. The first-order valence-corrected chi connectivity index (χ1v) is 7.70. The van der Waals surface area contributed by atoms with Crippen LogP contribution in [0, 0.1) is 0 Å². The molecule has 0 spiro atoms. The van der Waals surface area contributed by atoms with Crippen molar-refractivity contribution < 1.29 is 4.79 Å². The number of rotatable bonds is 9. The molecule has 0 fully saturated rings. The molecule has 0 aliphatic carbocycles.